The van der Waals surface area contributed by atoms with Crippen LogP contribution in [0.25, 0.3) is 5.69 Å². The quantitative estimate of drug-likeness (QED) is 0.856. The Kier molecular flexibility index (Phi) is 5.75. The Hall–Kier alpha value is -2.28. The zero-order valence-corrected chi connectivity index (χ0v) is 14.7. The highest BCUT2D eigenvalue weighted by molar-refractivity contribution is 7.99. The molecule has 1 aliphatic rings. The van der Waals surface area contributed by atoms with Crippen molar-refractivity contribution in [1.82, 2.24) is 14.7 Å². The molecule has 0 bridgehead atoms. The molecule has 2 aromatic rings. The molecule has 6 nitrogen and oxygen atoms in total. The lowest BCUT2D eigenvalue weighted by Crippen LogP contribution is -2.47. The number of aryl methyl sites for hydroxylation is 1. The summed E-state index contributed by atoms with van der Waals surface area (Å²) in [6.45, 7) is 0.630. The highest BCUT2D eigenvalue weighted by Gasteiger charge is 2.28. The largest absolute Gasteiger partial charge is 0.481 e. The van der Waals surface area contributed by atoms with Gasteiger partial charge in [0.05, 0.1) is 24.3 Å². The molecule has 1 aromatic carbocycles. The van der Waals surface area contributed by atoms with E-state index in [4.69, 9.17) is 5.11 Å². The number of rotatable bonds is 6. The Morgan fingerprint density at radius 3 is 2.84 bits per heavy atom. The Balaban J connectivity index is 1.58. The maximum Gasteiger partial charge on any atom is 0.305 e. The molecule has 1 amide bonds. The van der Waals surface area contributed by atoms with Crippen LogP contribution >= 0.6 is 11.8 Å². The fraction of sp³-hybridized carbons (Fsp3) is 0.389. The van der Waals surface area contributed by atoms with Crippen LogP contribution < -0.4 is 0 Å². The van der Waals surface area contributed by atoms with E-state index in [9.17, 15) is 9.59 Å². The predicted octanol–water partition coefficient (Wildman–Crippen LogP) is 2.22. The molecule has 0 saturated carbocycles. The fourth-order valence-corrected chi connectivity index (χ4v) is 4.02. The number of carbonyl (C=O) groups excluding carboxylic acids is 1. The summed E-state index contributed by atoms with van der Waals surface area (Å²) in [5.41, 5.74) is 1.98. The number of carboxylic acid groups (broad SMARTS) is 1. The average molecular weight is 359 g/mol. The summed E-state index contributed by atoms with van der Waals surface area (Å²) < 4.78 is 1.80. The van der Waals surface area contributed by atoms with Crippen molar-refractivity contribution in [3.05, 3.63) is 48.3 Å². The summed E-state index contributed by atoms with van der Waals surface area (Å²) in [6.07, 6.45) is 4.71. The van der Waals surface area contributed by atoms with E-state index in [2.05, 4.69) is 5.10 Å². The zero-order valence-electron chi connectivity index (χ0n) is 13.9. The smallest absolute Gasteiger partial charge is 0.305 e. The molecule has 1 N–H and O–H groups in total. The van der Waals surface area contributed by atoms with Gasteiger partial charge in [-0.2, -0.15) is 16.9 Å². The van der Waals surface area contributed by atoms with Crippen molar-refractivity contribution in [1.29, 1.82) is 0 Å². The molecule has 2 heterocycles. The van der Waals surface area contributed by atoms with E-state index in [1.165, 1.54) is 0 Å². The van der Waals surface area contributed by atoms with Crippen LogP contribution in [0.1, 0.15) is 18.4 Å². The van der Waals surface area contributed by atoms with Crippen LogP contribution in [0.4, 0.5) is 0 Å². The standard InChI is InChI=1S/C18H21N3O3S/c22-17(20-8-9-25-13-16(20)10-18(23)24)7-6-14-11-19-21(12-14)15-4-2-1-3-5-15/h1-5,11-12,16H,6-10,13H2,(H,23,24). The van der Waals surface area contributed by atoms with Crippen LogP contribution in [-0.2, 0) is 16.0 Å². The number of aliphatic carboxylic acids is 1. The first-order valence-corrected chi connectivity index (χ1v) is 9.47. The molecule has 1 aromatic heterocycles. The minimum atomic E-state index is -0.852. The molecule has 7 heteroatoms. The second-order valence-electron chi connectivity index (χ2n) is 6.04. The van der Waals surface area contributed by atoms with Gasteiger partial charge >= 0.3 is 5.97 Å². The van der Waals surface area contributed by atoms with Crippen LogP contribution in [0.3, 0.4) is 0 Å². The molecular formula is C18H21N3O3S. The first kappa shape index (κ1) is 17.5. The van der Waals surface area contributed by atoms with E-state index < -0.39 is 5.97 Å². The molecule has 1 aliphatic heterocycles. The second-order valence-corrected chi connectivity index (χ2v) is 7.19. The highest BCUT2D eigenvalue weighted by atomic mass is 32.2. The predicted molar refractivity (Wildman–Crippen MR) is 97.0 cm³/mol. The number of nitrogens with zero attached hydrogens (tertiary/aromatic N) is 3. The number of benzene rings is 1. The van der Waals surface area contributed by atoms with Crippen LogP contribution in [0, 0.1) is 0 Å². The van der Waals surface area contributed by atoms with Crippen LogP contribution in [-0.4, -0.2) is 55.8 Å². The van der Waals surface area contributed by atoms with Gasteiger partial charge in [0.25, 0.3) is 0 Å². The Labute approximate surface area is 150 Å². The van der Waals surface area contributed by atoms with E-state index in [1.54, 1.807) is 27.5 Å². The first-order valence-electron chi connectivity index (χ1n) is 8.31. The van der Waals surface area contributed by atoms with Crippen LogP contribution in [0.15, 0.2) is 42.7 Å². The normalized spacial score (nSPS) is 17.4. The number of thioether (sulfide) groups is 1. The molecule has 3 rings (SSSR count). The minimum Gasteiger partial charge on any atom is -0.481 e. The summed E-state index contributed by atoms with van der Waals surface area (Å²) in [5, 5.41) is 13.4. The van der Waals surface area contributed by atoms with Crippen molar-refractivity contribution in [2.75, 3.05) is 18.1 Å². The number of hydrogen-bond donors (Lipinski definition) is 1. The molecule has 0 spiro atoms. The van der Waals surface area contributed by atoms with E-state index in [1.807, 2.05) is 36.5 Å². The minimum absolute atomic E-state index is 0.0185. The third-order valence-corrected chi connectivity index (χ3v) is 5.33. The third kappa shape index (κ3) is 4.63. The fourth-order valence-electron chi connectivity index (χ4n) is 2.96. The van der Waals surface area contributed by atoms with Crippen molar-refractivity contribution in [3.63, 3.8) is 0 Å². The molecule has 132 valence electrons. The van der Waals surface area contributed by atoms with E-state index in [0.29, 0.717) is 25.1 Å². The lowest BCUT2D eigenvalue weighted by molar-refractivity contribution is -0.140. The number of hydrogen-bond acceptors (Lipinski definition) is 4. The average Bonchev–Trinajstić information content (AvgIpc) is 3.09. The van der Waals surface area contributed by atoms with E-state index >= 15 is 0 Å². The number of amides is 1. The zero-order chi connectivity index (χ0) is 17.6. The summed E-state index contributed by atoms with van der Waals surface area (Å²) in [6, 6.07) is 9.62. The Morgan fingerprint density at radius 1 is 1.28 bits per heavy atom. The summed E-state index contributed by atoms with van der Waals surface area (Å²) in [4.78, 5) is 25.3. The number of para-hydroxylation sites is 1. The maximum absolute atomic E-state index is 12.5. The molecule has 25 heavy (non-hydrogen) atoms. The van der Waals surface area contributed by atoms with Gasteiger partial charge in [0.2, 0.25) is 5.91 Å². The van der Waals surface area contributed by atoms with Crippen LogP contribution in [0.2, 0.25) is 0 Å². The SMILES string of the molecule is O=C(O)CC1CSCCN1C(=O)CCc1cnn(-c2ccccc2)c1. The van der Waals surface area contributed by atoms with Gasteiger partial charge in [-0.15, -0.1) is 0 Å². The summed E-state index contributed by atoms with van der Waals surface area (Å²) >= 11 is 1.71. The molecule has 1 fully saturated rings. The van der Waals surface area contributed by atoms with Crippen molar-refractivity contribution in [2.24, 2.45) is 0 Å². The number of aromatic nitrogens is 2. The first-order chi connectivity index (χ1) is 12.1. The summed E-state index contributed by atoms with van der Waals surface area (Å²) in [5.74, 6) is 0.742. The summed E-state index contributed by atoms with van der Waals surface area (Å²) in [7, 11) is 0. The van der Waals surface area contributed by atoms with Gasteiger partial charge < -0.3 is 10.0 Å². The highest BCUT2D eigenvalue weighted by Crippen LogP contribution is 2.20. The van der Waals surface area contributed by atoms with Gasteiger partial charge in [-0.25, -0.2) is 4.68 Å². The van der Waals surface area contributed by atoms with Gasteiger partial charge in [-0.3, -0.25) is 9.59 Å². The monoisotopic (exact) mass is 359 g/mol. The van der Waals surface area contributed by atoms with Gasteiger partial charge in [-0.1, -0.05) is 18.2 Å². The van der Waals surface area contributed by atoms with Gasteiger partial charge in [0.1, 0.15) is 0 Å². The number of carbonyl (C=O) groups is 2. The third-order valence-electron chi connectivity index (χ3n) is 4.24. The van der Waals surface area contributed by atoms with E-state index in [-0.39, 0.29) is 18.4 Å². The molecule has 0 radical (unpaired) electrons. The lowest BCUT2D eigenvalue weighted by Gasteiger charge is -2.34. The van der Waals surface area contributed by atoms with Crippen molar-refractivity contribution < 1.29 is 14.7 Å². The molecule has 1 atom stereocenters. The van der Waals surface area contributed by atoms with E-state index in [0.717, 1.165) is 17.0 Å². The molecular weight excluding hydrogens is 338 g/mol. The van der Waals surface area contributed by atoms with Gasteiger partial charge in [0.15, 0.2) is 0 Å². The van der Waals surface area contributed by atoms with Gasteiger partial charge in [0, 0.05) is 30.7 Å². The topological polar surface area (TPSA) is 75.4 Å². The van der Waals surface area contributed by atoms with Crippen molar-refractivity contribution in [2.45, 2.75) is 25.3 Å². The molecule has 1 unspecified atom stereocenters. The lowest BCUT2D eigenvalue weighted by atomic mass is 10.1. The Bertz CT molecular complexity index is 732. The molecule has 1 saturated heterocycles. The Morgan fingerprint density at radius 2 is 2.08 bits per heavy atom. The van der Waals surface area contributed by atoms with Crippen molar-refractivity contribution in [3.8, 4) is 5.69 Å². The number of carboxylic acids is 1. The van der Waals surface area contributed by atoms with Crippen molar-refractivity contribution >= 4 is 23.6 Å². The van der Waals surface area contributed by atoms with Gasteiger partial charge in [-0.05, 0) is 24.1 Å². The van der Waals surface area contributed by atoms with Crippen LogP contribution in [0.5, 0.6) is 0 Å². The second kappa shape index (κ2) is 8.20. The molecule has 0 aliphatic carbocycles. The maximum atomic E-state index is 12.5.